The lowest BCUT2D eigenvalue weighted by molar-refractivity contribution is 0.340. The first-order chi connectivity index (χ1) is 12.1. The van der Waals surface area contributed by atoms with Crippen LogP contribution >= 0.6 is 0 Å². The predicted molar refractivity (Wildman–Crippen MR) is 99.5 cm³/mol. The van der Waals surface area contributed by atoms with Gasteiger partial charge >= 0.3 is 0 Å². The van der Waals surface area contributed by atoms with Gasteiger partial charge in [0, 0.05) is 0 Å². The summed E-state index contributed by atoms with van der Waals surface area (Å²) in [5, 5.41) is 6.05. The quantitative estimate of drug-likeness (QED) is 0.544. The van der Waals surface area contributed by atoms with E-state index in [0.717, 1.165) is 16.3 Å². The molecule has 0 unspecified atom stereocenters. The monoisotopic (exact) mass is 354 g/mol. The number of fused-ring (bicyclic) bond motifs is 1. The van der Waals surface area contributed by atoms with Crippen molar-refractivity contribution in [2.45, 2.75) is 11.8 Å². The Morgan fingerprint density at radius 2 is 1.72 bits per heavy atom. The number of ether oxygens (including phenoxy) is 1. The van der Waals surface area contributed by atoms with Crippen molar-refractivity contribution in [2.75, 3.05) is 6.61 Å². The average Bonchev–Trinajstić information content (AvgIpc) is 2.62. The number of nitrogens with one attached hydrogen (secondary N) is 1. The van der Waals surface area contributed by atoms with E-state index in [4.69, 9.17) is 4.74 Å². The third-order valence-electron chi connectivity index (χ3n) is 3.61. The Morgan fingerprint density at radius 1 is 1.00 bits per heavy atom. The molecule has 0 bridgehead atoms. The van der Waals surface area contributed by atoms with Crippen LogP contribution < -0.4 is 9.57 Å². The van der Waals surface area contributed by atoms with Gasteiger partial charge in [-0.25, -0.2) is 4.83 Å². The lowest BCUT2D eigenvalue weighted by atomic mass is 10.1. The van der Waals surface area contributed by atoms with Crippen LogP contribution in [0.25, 0.3) is 10.8 Å². The van der Waals surface area contributed by atoms with Crippen LogP contribution in [0.2, 0.25) is 0 Å². The minimum absolute atomic E-state index is 0.131. The van der Waals surface area contributed by atoms with Gasteiger partial charge in [-0.15, -0.1) is 0 Å². The number of rotatable bonds is 6. The lowest BCUT2D eigenvalue weighted by Gasteiger charge is -2.06. The fourth-order valence-corrected chi connectivity index (χ4v) is 3.18. The summed E-state index contributed by atoms with van der Waals surface area (Å²) in [5.41, 5.74) is 0.813. The van der Waals surface area contributed by atoms with E-state index in [0.29, 0.717) is 12.4 Å². The molecule has 3 aromatic rings. The van der Waals surface area contributed by atoms with E-state index in [1.54, 1.807) is 12.1 Å². The van der Waals surface area contributed by atoms with Crippen molar-refractivity contribution in [3.63, 3.8) is 0 Å². The highest BCUT2D eigenvalue weighted by atomic mass is 32.2. The number of benzene rings is 3. The van der Waals surface area contributed by atoms with E-state index in [1.807, 2.05) is 49.4 Å². The van der Waals surface area contributed by atoms with E-state index < -0.39 is 10.0 Å². The Morgan fingerprint density at radius 3 is 2.44 bits per heavy atom. The van der Waals surface area contributed by atoms with Gasteiger partial charge in [0.15, 0.2) is 0 Å². The molecule has 1 N–H and O–H groups in total. The Balaban J connectivity index is 1.72. The van der Waals surface area contributed by atoms with Crippen LogP contribution in [0.4, 0.5) is 0 Å². The smallest absolute Gasteiger partial charge is 0.276 e. The molecule has 0 saturated heterocycles. The summed E-state index contributed by atoms with van der Waals surface area (Å²) in [6.07, 6.45) is 1.48. The van der Waals surface area contributed by atoms with Gasteiger partial charge in [-0.1, -0.05) is 36.4 Å². The predicted octanol–water partition coefficient (Wildman–Crippen LogP) is 3.55. The molecule has 0 heterocycles. The molecule has 0 radical (unpaired) electrons. The zero-order chi connectivity index (χ0) is 17.7. The topological polar surface area (TPSA) is 67.8 Å². The Kier molecular flexibility index (Phi) is 5.00. The maximum absolute atomic E-state index is 12.2. The third kappa shape index (κ3) is 4.16. The van der Waals surface area contributed by atoms with Crippen molar-refractivity contribution in [3.05, 3.63) is 72.3 Å². The first kappa shape index (κ1) is 17.0. The highest BCUT2D eigenvalue weighted by molar-refractivity contribution is 7.89. The fourth-order valence-electron chi connectivity index (χ4n) is 2.39. The molecular formula is C19H18N2O3S. The van der Waals surface area contributed by atoms with Crippen molar-refractivity contribution in [2.24, 2.45) is 5.10 Å². The molecule has 0 atom stereocenters. The molecule has 0 fully saturated rings. The molecule has 0 spiro atoms. The Hall–Kier alpha value is -2.86. The van der Waals surface area contributed by atoms with Crippen LogP contribution in [0.1, 0.15) is 12.5 Å². The van der Waals surface area contributed by atoms with Crippen LogP contribution in [0.15, 0.2) is 76.7 Å². The molecule has 128 valence electrons. The van der Waals surface area contributed by atoms with Crippen LogP contribution in [0.5, 0.6) is 5.75 Å². The molecule has 0 aliphatic heterocycles. The molecular weight excluding hydrogens is 336 g/mol. The summed E-state index contributed by atoms with van der Waals surface area (Å²) >= 11 is 0. The number of hydrazone groups is 1. The first-order valence-electron chi connectivity index (χ1n) is 7.85. The highest BCUT2D eigenvalue weighted by Gasteiger charge is 2.12. The maximum atomic E-state index is 12.2. The van der Waals surface area contributed by atoms with Crippen LogP contribution in [-0.2, 0) is 10.0 Å². The minimum Gasteiger partial charge on any atom is -0.494 e. The number of hydrogen-bond acceptors (Lipinski definition) is 4. The molecule has 3 aromatic carbocycles. The molecule has 0 aromatic heterocycles. The van der Waals surface area contributed by atoms with E-state index in [-0.39, 0.29) is 4.90 Å². The molecule has 0 amide bonds. The number of nitrogens with zero attached hydrogens (tertiary/aromatic N) is 1. The van der Waals surface area contributed by atoms with Gasteiger partial charge in [-0.3, -0.25) is 0 Å². The zero-order valence-electron chi connectivity index (χ0n) is 13.7. The molecule has 3 rings (SSSR count). The molecule has 0 aliphatic rings. The summed E-state index contributed by atoms with van der Waals surface area (Å²) in [6.45, 7) is 2.40. The first-order valence-corrected chi connectivity index (χ1v) is 9.33. The highest BCUT2D eigenvalue weighted by Crippen LogP contribution is 2.16. The lowest BCUT2D eigenvalue weighted by Crippen LogP contribution is -2.18. The van der Waals surface area contributed by atoms with Gasteiger partial charge in [0.25, 0.3) is 10.0 Å². The van der Waals surface area contributed by atoms with Gasteiger partial charge < -0.3 is 4.74 Å². The van der Waals surface area contributed by atoms with Crippen LogP contribution in [0, 0.1) is 0 Å². The van der Waals surface area contributed by atoms with Crippen LogP contribution in [-0.4, -0.2) is 21.2 Å². The second-order valence-corrected chi connectivity index (χ2v) is 7.02. The number of sulfonamides is 1. The molecule has 0 aliphatic carbocycles. The van der Waals surface area contributed by atoms with Crippen molar-refractivity contribution >= 4 is 27.0 Å². The summed E-state index contributed by atoms with van der Waals surface area (Å²) in [4.78, 5) is 2.36. The van der Waals surface area contributed by atoms with Crippen molar-refractivity contribution in [3.8, 4) is 5.75 Å². The van der Waals surface area contributed by atoms with E-state index in [2.05, 4.69) is 9.93 Å². The summed E-state index contributed by atoms with van der Waals surface area (Å²) in [7, 11) is -3.71. The average molecular weight is 354 g/mol. The van der Waals surface area contributed by atoms with Crippen molar-refractivity contribution in [1.29, 1.82) is 0 Å². The van der Waals surface area contributed by atoms with Gasteiger partial charge in [0.1, 0.15) is 5.75 Å². The van der Waals surface area contributed by atoms with Crippen molar-refractivity contribution in [1.82, 2.24) is 4.83 Å². The SMILES string of the molecule is CCOc1ccc(S(=O)(=O)N/N=C\c2ccc3ccccc3c2)cc1. The second kappa shape index (κ2) is 7.36. The van der Waals surface area contributed by atoms with E-state index in [9.17, 15) is 8.42 Å². The fraction of sp³-hybridized carbons (Fsp3) is 0.105. The van der Waals surface area contributed by atoms with E-state index in [1.165, 1.54) is 18.3 Å². The van der Waals surface area contributed by atoms with Gasteiger partial charge in [0.2, 0.25) is 0 Å². The Bertz CT molecular complexity index is 997. The van der Waals surface area contributed by atoms with Gasteiger partial charge in [-0.05, 0) is 53.6 Å². The Labute approximate surface area is 147 Å². The second-order valence-electron chi connectivity index (χ2n) is 5.36. The van der Waals surface area contributed by atoms with Gasteiger partial charge in [0.05, 0.1) is 17.7 Å². The minimum atomic E-state index is -3.71. The molecule has 0 saturated carbocycles. The standard InChI is InChI=1S/C19H18N2O3S/c1-2-24-18-9-11-19(12-10-18)25(22,23)21-20-14-15-7-8-16-5-3-4-6-17(16)13-15/h3-14,21H,2H2,1H3/b20-14-. The van der Waals surface area contributed by atoms with Gasteiger partial charge in [-0.2, -0.15) is 13.5 Å². The molecule has 25 heavy (non-hydrogen) atoms. The summed E-state index contributed by atoms with van der Waals surface area (Å²) in [6, 6.07) is 20.0. The normalized spacial score (nSPS) is 11.7. The van der Waals surface area contributed by atoms with Crippen molar-refractivity contribution < 1.29 is 13.2 Å². The largest absolute Gasteiger partial charge is 0.494 e. The summed E-state index contributed by atoms with van der Waals surface area (Å²) in [5.74, 6) is 0.626. The molecule has 6 heteroatoms. The zero-order valence-corrected chi connectivity index (χ0v) is 14.5. The van der Waals surface area contributed by atoms with E-state index >= 15 is 0 Å². The third-order valence-corrected chi connectivity index (χ3v) is 4.84. The maximum Gasteiger partial charge on any atom is 0.276 e. The number of hydrogen-bond donors (Lipinski definition) is 1. The van der Waals surface area contributed by atoms with Crippen LogP contribution in [0.3, 0.4) is 0 Å². The summed E-state index contributed by atoms with van der Waals surface area (Å²) < 4.78 is 29.8. The molecule has 5 nitrogen and oxygen atoms in total.